The third-order valence-electron chi connectivity index (χ3n) is 2.40. The SMILES string of the molecule is CCOc1noc(-c2ncn[nH]2)c1C[C@H](N)C(=O)O.O. The molecule has 2 heterocycles. The zero-order valence-corrected chi connectivity index (χ0v) is 10.7. The fourth-order valence-corrected chi connectivity index (χ4v) is 1.53. The van der Waals surface area contributed by atoms with Crippen molar-refractivity contribution in [2.24, 2.45) is 5.73 Å². The van der Waals surface area contributed by atoms with Gasteiger partial charge in [-0.25, -0.2) is 4.98 Å². The molecule has 10 nitrogen and oxygen atoms in total. The molecule has 0 aromatic carbocycles. The van der Waals surface area contributed by atoms with Gasteiger partial charge in [0.15, 0.2) is 5.82 Å². The van der Waals surface area contributed by atoms with Crippen LogP contribution in [0.4, 0.5) is 0 Å². The second-order valence-corrected chi connectivity index (χ2v) is 3.71. The van der Waals surface area contributed by atoms with Crippen LogP contribution in [0.2, 0.25) is 0 Å². The molecule has 0 unspecified atom stereocenters. The molecule has 0 bridgehead atoms. The molecule has 0 fully saturated rings. The molecule has 110 valence electrons. The van der Waals surface area contributed by atoms with Crippen LogP contribution in [-0.4, -0.2) is 49.5 Å². The summed E-state index contributed by atoms with van der Waals surface area (Å²) < 4.78 is 10.4. The van der Waals surface area contributed by atoms with Gasteiger partial charge in [-0.3, -0.25) is 9.89 Å². The lowest BCUT2D eigenvalue weighted by Gasteiger charge is -2.06. The van der Waals surface area contributed by atoms with Crippen LogP contribution >= 0.6 is 0 Å². The number of rotatable bonds is 6. The summed E-state index contributed by atoms with van der Waals surface area (Å²) in [6.07, 6.45) is 1.32. The van der Waals surface area contributed by atoms with Crippen LogP contribution in [0.5, 0.6) is 5.88 Å². The van der Waals surface area contributed by atoms with Crippen LogP contribution in [0.1, 0.15) is 12.5 Å². The smallest absolute Gasteiger partial charge is 0.320 e. The molecule has 2 aromatic heterocycles. The summed E-state index contributed by atoms with van der Waals surface area (Å²) in [5.41, 5.74) is 5.98. The summed E-state index contributed by atoms with van der Waals surface area (Å²) >= 11 is 0. The van der Waals surface area contributed by atoms with Gasteiger partial charge in [-0.1, -0.05) is 0 Å². The van der Waals surface area contributed by atoms with Crippen LogP contribution in [0, 0.1) is 0 Å². The highest BCUT2D eigenvalue weighted by molar-refractivity contribution is 5.74. The number of aromatic amines is 1. The second kappa shape index (κ2) is 6.63. The molecule has 2 rings (SSSR count). The number of aromatic nitrogens is 4. The summed E-state index contributed by atoms with van der Waals surface area (Å²) in [5, 5.41) is 18.9. The Bertz CT molecular complexity index is 552. The molecule has 0 spiro atoms. The maximum absolute atomic E-state index is 10.8. The molecule has 2 aromatic rings. The Morgan fingerprint density at radius 3 is 2.95 bits per heavy atom. The standard InChI is InChI=1S/C10H13N5O4.H2O/c1-2-18-9-5(3-6(11)10(16)17)7(19-15-9)8-12-4-13-14-8;/h4,6H,2-3,11H2,1H3,(H,16,17)(H,12,13,14);1H2/t6-;/m0./s1. The molecular weight excluding hydrogens is 270 g/mol. The molecule has 10 heteroatoms. The fourth-order valence-electron chi connectivity index (χ4n) is 1.53. The van der Waals surface area contributed by atoms with Gasteiger partial charge in [-0.15, -0.1) is 0 Å². The Morgan fingerprint density at radius 1 is 1.65 bits per heavy atom. The molecule has 0 aliphatic rings. The lowest BCUT2D eigenvalue weighted by atomic mass is 10.1. The number of nitrogens with zero attached hydrogens (tertiary/aromatic N) is 3. The van der Waals surface area contributed by atoms with Gasteiger partial charge in [0.05, 0.1) is 12.2 Å². The van der Waals surface area contributed by atoms with Gasteiger partial charge >= 0.3 is 5.97 Å². The van der Waals surface area contributed by atoms with E-state index in [-0.39, 0.29) is 23.5 Å². The van der Waals surface area contributed by atoms with E-state index in [9.17, 15) is 4.79 Å². The monoisotopic (exact) mass is 285 g/mol. The number of hydrogen-bond acceptors (Lipinski definition) is 7. The molecule has 0 amide bonds. The van der Waals surface area contributed by atoms with Crippen LogP contribution in [0.3, 0.4) is 0 Å². The Kier molecular flexibility index (Phi) is 5.17. The molecule has 6 N–H and O–H groups in total. The minimum absolute atomic E-state index is 0. The second-order valence-electron chi connectivity index (χ2n) is 3.71. The van der Waals surface area contributed by atoms with Gasteiger partial charge in [0.25, 0.3) is 5.88 Å². The van der Waals surface area contributed by atoms with Crippen molar-refractivity contribution in [1.29, 1.82) is 0 Å². The number of carboxylic acids is 1. The molecule has 0 aliphatic heterocycles. The first-order valence-electron chi connectivity index (χ1n) is 5.59. The molecule has 0 saturated carbocycles. The van der Waals surface area contributed by atoms with Crippen molar-refractivity contribution in [3.8, 4) is 17.5 Å². The van der Waals surface area contributed by atoms with Gasteiger partial charge in [-0.2, -0.15) is 5.10 Å². The predicted octanol–water partition coefficient (Wildman–Crippen LogP) is -1.01. The Hall–Kier alpha value is -2.46. The average molecular weight is 285 g/mol. The van der Waals surface area contributed by atoms with Crippen molar-refractivity contribution >= 4 is 5.97 Å². The van der Waals surface area contributed by atoms with E-state index in [4.69, 9.17) is 20.1 Å². The maximum atomic E-state index is 10.8. The zero-order chi connectivity index (χ0) is 13.8. The fraction of sp³-hybridized carbons (Fsp3) is 0.400. The van der Waals surface area contributed by atoms with E-state index >= 15 is 0 Å². The highest BCUT2D eigenvalue weighted by atomic mass is 16.5. The van der Waals surface area contributed by atoms with Gasteiger partial charge in [0.1, 0.15) is 12.4 Å². The van der Waals surface area contributed by atoms with Gasteiger partial charge in [-0.05, 0) is 12.1 Å². The lowest BCUT2D eigenvalue weighted by Crippen LogP contribution is -2.32. The van der Waals surface area contributed by atoms with Gasteiger partial charge in [0, 0.05) is 6.42 Å². The van der Waals surface area contributed by atoms with Crippen molar-refractivity contribution < 1.29 is 24.6 Å². The number of aliphatic carboxylic acids is 1. The van der Waals surface area contributed by atoms with Crippen LogP contribution in [0.15, 0.2) is 10.9 Å². The third kappa shape index (κ3) is 3.10. The van der Waals surface area contributed by atoms with Crippen molar-refractivity contribution in [2.45, 2.75) is 19.4 Å². The minimum atomic E-state index is -1.12. The number of carboxylic acid groups (broad SMARTS) is 1. The van der Waals surface area contributed by atoms with E-state index in [2.05, 4.69) is 20.3 Å². The van der Waals surface area contributed by atoms with Gasteiger partial charge < -0.3 is 25.6 Å². The number of ether oxygens (including phenoxy) is 1. The summed E-state index contributed by atoms with van der Waals surface area (Å²) in [5.74, 6) is -0.290. The normalized spacial score (nSPS) is 11.7. The highest BCUT2D eigenvalue weighted by Gasteiger charge is 2.25. The van der Waals surface area contributed by atoms with Crippen LogP contribution < -0.4 is 10.5 Å². The molecule has 0 aliphatic carbocycles. The first-order chi connectivity index (χ1) is 9.13. The number of hydrogen-bond donors (Lipinski definition) is 3. The van der Waals surface area contributed by atoms with Crippen LogP contribution in [-0.2, 0) is 11.2 Å². The number of nitrogens with two attached hydrogens (primary N) is 1. The first-order valence-corrected chi connectivity index (χ1v) is 5.59. The van der Waals surface area contributed by atoms with Crippen molar-refractivity contribution in [3.05, 3.63) is 11.9 Å². The molecule has 0 radical (unpaired) electrons. The van der Waals surface area contributed by atoms with E-state index in [1.165, 1.54) is 6.33 Å². The number of H-pyrrole nitrogens is 1. The Labute approximate surface area is 113 Å². The van der Waals surface area contributed by atoms with E-state index in [0.29, 0.717) is 18.0 Å². The first kappa shape index (κ1) is 15.6. The number of nitrogens with one attached hydrogen (secondary N) is 1. The van der Waals surface area contributed by atoms with E-state index in [1.54, 1.807) is 6.92 Å². The summed E-state index contributed by atoms with van der Waals surface area (Å²) in [4.78, 5) is 14.8. The van der Waals surface area contributed by atoms with E-state index in [0.717, 1.165) is 0 Å². The topological polar surface area (TPSA) is 172 Å². The zero-order valence-electron chi connectivity index (χ0n) is 10.7. The maximum Gasteiger partial charge on any atom is 0.320 e. The van der Waals surface area contributed by atoms with E-state index in [1.807, 2.05) is 0 Å². The quantitative estimate of drug-likeness (QED) is 0.605. The van der Waals surface area contributed by atoms with Crippen molar-refractivity contribution in [2.75, 3.05) is 6.61 Å². The van der Waals surface area contributed by atoms with Gasteiger partial charge in [0.2, 0.25) is 5.76 Å². The summed E-state index contributed by atoms with van der Waals surface area (Å²) in [7, 11) is 0. The molecule has 0 saturated heterocycles. The number of carbonyl (C=O) groups is 1. The van der Waals surface area contributed by atoms with Crippen LogP contribution in [0.25, 0.3) is 11.6 Å². The summed E-state index contributed by atoms with van der Waals surface area (Å²) in [6, 6.07) is -1.08. The molecular formula is C10H15N5O5. The molecule has 1 atom stereocenters. The Morgan fingerprint density at radius 2 is 2.40 bits per heavy atom. The van der Waals surface area contributed by atoms with Crippen molar-refractivity contribution in [3.63, 3.8) is 0 Å². The molecule has 20 heavy (non-hydrogen) atoms. The Balaban J connectivity index is 0.00000200. The van der Waals surface area contributed by atoms with E-state index < -0.39 is 12.0 Å². The lowest BCUT2D eigenvalue weighted by molar-refractivity contribution is -0.138. The third-order valence-corrected chi connectivity index (χ3v) is 2.40. The largest absolute Gasteiger partial charge is 0.480 e. The summed E-state index contributed by atoms with van der Waals surface area (Å²) in [6.45, 7) is 2.15. The average Bonchev–Trinajstić information content (AvgIpc) is 3.00. The predicted molar refractivity (Wildman–Crippen MR) is 66.0 cm³/mol. The minimum Gasteiger partial charge on any atom is -0.480 e. The van der Waals surface area contributed by atoms with Crippen molar-refractivity contribution in [1.82, 2.24) is 20.3 Å². The highest BCUT2D eigenvalue weighted by Crippen LogP contribution is 2.29.